The van der Waals surface area contributed by atoms with Crippen LogP contribution in [0, 0.1) is 0 Å². The van der Waals surface area contributed by atoms with Crippen molar-refractivity contribution in [2.45, 2.75) is 19.4 Å². The van der Waals surface area contributed by atoms with E-state index >= 15 is 0 Å². The molecule has 0 aliphatic heterocycles. The Morgan fingerprint density at radius 2 is 2.08 bits per heavy atom. The zero-order valence-corrected chi connectivity index (χ0v) is 13.9. The van der Waals surface area contributed by atoms with E-state index in [0.717, 1.165) is 5.56 Å². The van der Waals surface area contributed by atoms with Gasteiger partial charge in [0.15, 0.2) is 11.5 Å². The van der Waals surface area contributed by atoms with Gasteiger partial charge in [0.1, 0.15) is 6.10 Å². The summed E-state index contributed by atoms with van der Waals surface area (Å²) in [4.78, 5) is 12.1. The molecule has 2 aromatic heterocycles. The largest absolute Gasteiger partial charge is 0.422 e. The molecule has 1 aromatic carbocycles. The number of rotatable bonds is 7. The molecule has 0 aliphatic carbocycles. The van der Waals surface area contributed by atoms with Crippen molar-refractivity contribution in [2.24, 2.45) is 0 Å². The van der Waals surface area contributed by atoms with E-state index in [1.807, 2.05) is 37.3 Å². The van der Waals surface area contributed by atoms with Crippen molar-refractivity contribution in [3.63, 3.8) is 0 Å². The van der Waals surface area contributed by atoms with E-state index in [9.17, 15) is 4.79 Å². The fraction of sp³-hybridized carbons (Fsp3) is 0.294. The van der Waals surface area contributed by atoms with Crippen LogP contribution < -0.4 is 5.32 Å². The number of carbonyl (C=O) groups is 1. The molecule has 1 amide bonds. The number of ether oxygens (including phenoxy) is 1. The first kappa shape index (κ1) is 16.8. The highest BCUT2D eigenvalue weighted by Gasteiger charge is 2.15. The van der Waals surface area contributed by atoms with Crippen molar-refractivity contribution in [1.29, 1.82) is 0 Å². The number of methoxy groups -OCH3 is 1. The maximum absolute atomic E-state index is 12.1. The van der Waals surface area contributed by atoms with E-state index in [1.165, 1.54) is 0 Å². The molecular weight excluding hydrogens is 324 g/mol. The molecule has 3 rings (SSSR count). The third-order valence-electron chi connectivity index (χ3n) is 3.61. The maximum atomic E-state index is 12.1. The molecule has 130 valence electrons. The number of aromatic nitrogens is 3. The van der Waals surface area contributed by atoms with Crippen LogP contribution in [-0.4, -0.2) is 34.9 Å². The summed E-state index contributed by atoms with van der Waals surface area (Å²) in [6.45, 7) is 2.16. The van der Waals surface area contributed by atoms with Crippen LogP contribution in [0.15, 0.2) is 45.3 Å². The lowest BCUT2D eigenvalue weighted by Crippen LogP contribution is -2.26. The Balaban J connectivity index is 1.53. The summed E-state index contributed by atoms with van der Waals surface area (Å²) in [5.74, 6) is 1.06. The third-order valence-corrected chi connectivity index (χ3v) is 3.61. The van der Waals surface area contributed by atoms with Crippen LogP contribution in [0.5, 0.6) is 0 Å². The fourth-order valence-corrected chi connectivity index (χ4v) is 2.13. The van der Waals surface area contributed by atoms with Crippen molar-refractivity contribution in [3.8, 4) is 11.3 Å². The van der Waals surface area contributed by atoms with Crippen molar-refractivity contribution in [3.05, 3.63) is 53.9 Å². The van der Waals surface area contributed by atoms with Crippen LogP contribution in [0.1, 0.15) is 35.3 Å². The van der Waals surface area contributed by atoms with Crippen molar-refractivity contribution >= 4 is 5.91 Å². The summed E-state index contributed by atoms with van der Waals surface area (Å²) in [6.07, 6.45) is 0.154. The fourth-order valence-electron chi connectivity index (χ4n) is 2.13. The Morgan fingerprint density at radius 3 is 2.84 bits per heavy atom. The van der Waals surface area contributed by atoms with Gasteiger partial charge in [0, 0.05) is 31.7 Å². The van der Waals surface area contributed by atoms with Crippen LogP contribution in [-0.2, 0) is 11.2 Å². The number of benzene rings is 1. The van der Waals surface area contributed by atoms with E-state index in [-0.39, 0.29) is 17.7 Å². The first-order valence-electron chi connectivity index (χ1n) is 7.83. The number of nitrogens with one attached hydrogen (secondary N) is 1. The summed E-state index contributed by atoms with van der Waals surface area (Å²) in [5, 5.41) is 14.4. The Hall–Kier alpha value is -3.00. The maximum Gasteiger partial charge on any atom is 0.273 e. The second-order valence-corrected chi connectivity index (χ2v) is 5.36. The van der Waals surface area contributed by atoms with E-state index < -0.39 is 0 Å². The van der Waals surface area contributed by atoms with E-state index in [4.69, 9.17) is 13.7 Å². The molecule has 2 heterocycles. The molecule has 3 aromatic rings. The van der Waals surface area contributed by atoms with Crippen LogP contribution in [0.3, 0.4) is 0 Å². The number of carbonyl (C=O) groups excluding carboxylic acids is 1. The average Bonchev–Trinajstić information content (AvgIpc) is 3.31. The Morgan fingerprint density at radius 1 is 1.28 bits per heavy atom. The van der Waals surface area contributed by atoms with Crippen LogP contribution in [0.4, 0.5) is 0 Å². The van der Waals surface area contributed by atoms with Gasteiger partial charge < -0.3 is 19.0 Å². The summed E-state index contributed by atoms with van der Waals surface area (Å²) < 4.78 is 15.8. The highest BCUT2D eigenvalue weighted by Crippen LogP contribution is 2.19. The monoisotopic (exact) mass is 342 g/mol. The molecule has 1 atom stereocenters. The standard InChI is InChI=1S/C17H18N4O4/c1-11(23-2)17-20-19-15(24-17)8-9-18-16(22)13-10-14(25-21-13)12-6-4-3-5-7-12/h3-7,10-11H,8-9H2,1-2H3,(H,18,22)/t11-/m0/s1. The van der Waals surface area contributed by atoms with Gasteiger partial charge in [-0.1, -0.05) is 35.5 Å². The summed E-state index contributed by atoms with van der Waals surface area (Å²) in [6, 6.07) is 11.1. The molecule has 8 nitrogen and oxygen atoms in total. The number of amides is 1. The molecule has 0 aliphatic rings. The minimum Gasteiger partial charge on any atom is -0.422 e. The van der Waals surface area contributed by atoms with Gasteiger partial charge in [-0.05, 0) is 6.92 Å². The molecule has 8 heteroatoms. The summed E-state index contributed by atoms with van der Waals surface area (Å²) >= 11 is 0. The van der Waals surface area contributed by atoms with Gasteiger partial charge in [0.2, 0.25) is 11.8 Å². The molecule has 0 unspecified atom stereocenters. The third kappa shape index (κ3) is 4.10. The predicted molar refractivity (Wildman–Crippen MR) is 87.7 cm³/mol. The van der Waals surface area contributed by atoms with Crippen molar-refractivity contribution in [2.75, 3.05) is 13.7 Å². The van der Waals surface area contributed by atoms with Crippen LogP contribution in [0.2, 0.25) is 0 Å². The Labute approximate surface area is 144 Å². The first-order chi connectivity index (χ1) is 12.2. The molecule has 25 heavy (non-hydrogen) atoms. The summed E-state index contributed by atoms with van der Waals surface area (Å²) in [7, 11) is 1.57. The SMILES string of the molecule is CO[C@@H](C)c1nnc(CCNC(=O)c2cc(-c3ccccc3)on2)o1. The van der Waals surface area contributed by atoms with Gasteiger partial charge in [-0.15, -0.1) is 10.2 Å². The van der Waals surface area contributed by atoms with E-state index in [0.29, 0.717) is 30.5 Å². The molecule has 1 N–H and O–H groups in total. The predicted octanol–water partition coefficient (Wildman–Crippen LogP) is 2.40. The highest BCUT2D eigenvalue weighted by atomic mass is 16.5. The Kier molecular flexibility index (Phi) is 5.20. The highest BCUT2D eigenvalue weighted by molar-refractivity contribution is 5.93. The minimum absolute atomic E-state index is 0.220. The molecular formula is C17H18N4O4. The zero-order valence-electron chi connectivity index (χ0n) is 13.9. The average molecular weight is 342 g/mol. The van der Waals surface area contributed by atoms with Crippen LogP contribution in [0.25, 0.3) is 11.3 Å². The normalized spacial score (nSPS) is 12.1. The second-order valence-electron chi connectivity index (χ2n) is 5.36. The first-order valence-corrected chi connectivity index (χ1v) is 7.83. The minimum atomic E-state index is -0.323. The second kappa shape index (κ2) is 7.71. The number of hydrogen-bond acceptors (Lipinski definition) is 7. The van der Waals surface area contributed by atoms with Gasteiger partial charge in [0.25, 0.3) is 5.91 Å². The summed E-state index contributed by atoms with van der Waals surface area (Å²) in [5.41, 5.74) is 1.08. The smallest absolute Gasteiger partial charge is 0.273 e. The molecule has 0 bridgehead atoms. The van der Waals surface area contributed by atoms with Gasteiger partial charge in [-0.25, -0.2) is 0 Å². The van der Waals surface area contributed by atoms with Crippen molar-refractivity contribution < 1.29 is 18.5 Å². The lowest BCUT2D eigenvalue weighted by Gasteiger charge is -2.02. The molecule has 0 fully saturated rings. The van der Waals surface area contributed by atoms with Gasteiger partial charge in [-0.2, -0.15) is 0 Å². The number of nitrogens with zero attached hydrogens (tertiary/aromatic N) is 3. The Bertz CT molecular complexity index is 828. The lowest BCUT2D eigenvalue weighted by atomic mass is 10.1. The van der Waals surface area contributed by atoms with E-state index in [1.54, 1.807) is 13.2 Å². The van der Waals surface area contributed by atoms with E-state index in [2.05, 4.69) is 20.7 Å². The number of hydrogen-bond donors (Lipinski definition) is 1. The topological polar surface area (TPSA) is 103 Å². The van der Waals surface area contributed by atoms with Gasteiger partial charge >= 0.3 is 0 Å². The van der Waals surface area contributed by atoms with Crippen LogP contribution >= 0.6 is 0 Å². The quantitative estimate of drug-likeness (QED) is 0.703. The molecule has 0 radical (unpaired) electrons. The molecule has 0 spiro atoms. The van der Waals surface area contributed by atoms with Gasteiger partial charge in [0.05, 0.1) is 0 Å². The lowest BCUT2D eigenvalue weighted by molar-refractivity contribution is 0.0926. The molecule has 0 saturated carbocycles. The molecule has 0 saturated heterocycles. The van der Waals surface area contributed by atoms with Gasteiger partial charge in [-0.3, -0.25) is 4.79 Å². The van der Waals surface area contributed by atoms with Crippen molar-refractivity contribution in [1.82, 2.24) is 20.7 Å². The zero-order chi connectivity index (χ0) is 17.6.